The first-order chi connectivity index (χ1) is 28.0. The maximum atomic E-state index is 13.5. The van der Waals surface area contributed by atoms with Gasteiger partial charge in [0, 0.05) is 38.3 Å². The van der Waals surface area contributed by atoms with Crippen LogP contribution in [0.1, 0.15) is 203 Å². The summed E-state index contributed by atoms with van der Waals surface area (Å²) in [5, 5.41) is 0. The molecule has 0 bridgehead atoms. The van der Waals surface area contributed by atoms with Crippen LogP contribution >= 0.6 is 0 Å². The van der Waals surface area contributed by atoms with Gasteiger partial charge in [0.1, 0.15) is 0 Å². The molecule has 4 rings (SSSR count). The zero-order chi connectivity index (χ0) is 40.2. The normalized spacial score (nSPS) is 16.0. The third-order valence-corrected chi connectivity index (χ3v) is 13.8. The molecule has 0 fully saturated rings. The molecular formula is C50H84N2O4S. The summed E-state index contributed by atoms with van der Waals surface area (Å²) in [6.45, 7) is 8.44. The molecule has 0 spiro atoms. The molecule has 2 aliphatic heterocycles. The lowest BCUT2D eigenvalue weighted by molar-refractivity contribution is 0.0839. The average molecular weight is 809 g/mol. The van der Waals surface area contributed by atoms with Crippen molar-refractivity contribution in [2.45, 2.75) is 219 Å². The van der Waals surface area contributed by atoms with Crippen LogP contribution in [0.25, 0.3) is 0 Å². The minimum Gasteiger partial charge on any atom is -0.293 e. The summed E-state index contributed by atoms with van der Waals surface area (Å²) in [6, 6.07) is 17.5. The second-order valence-corrected chi connectivity index (χ2v) is 18.9. The van der Waals surface area contributed by atoms with E-state index in [4.69, 9.17) is 8.37 Å². The summed E-state index contributed by atoms with van der Waals surface area (Å²) in [4.78, 5) is 4.91. The molecule has 0 aromatic heterocycles. The molecule has 2 atom stereocenters. The lowest BCUT2D eigenvalue weighted by Gasteiger charge is -2.36. The minimum absolute atomic E-state index is 0.0512. The van der Waals surface area contributed by atoms with Gasteiger partial charge < -0.3 is 0 Å². The second kappa shape index (κ2) is 29.5. The van der Waals surface area contributed by atoms with Gasteiger partial charge in [0.15, 0.2) is 0 Å². The van der Waals surface area contributed by atoms with E-state index in [2.05, 4.69) is 72.2 Å². The third-order valence-electron chi connectivity index (χ3n) is 12.9. The average Bonchev–Trinajstić information content (AvgIpc) is 3.23. The molecule has 57 heavy (non-hydrogen) atoms. The zero-order valence-electron chi connectivity index (χ0n) is 36.8. The van der Waals surface area contributed by atoms with Gasteiger partial charge in [-0.15, -0.1) is 0 Å². The van der Waals surface area contributed by atoms with E-state index >= 15 is 0 Å². The molecule has 2 heterocycles. The smallest absolute Gasteiger partial charge is 0.293 e. The van der Waals surface area contributed by atoms with Crippen molar-refractivity contribution in [3.05, 3.63) is 70.8 Å². The van der Waals surface area contributed by atoms with Gasteiger partial charge in [-0.2, -0.15) is 8.42 Å². The molecule has 324 valence electrons. The molecule has 6 nitrogen and oxygen atoms in total. The summed E-state index contributed by atoms with van der Waals surface area (Å²) < 4.78 is 38.5. The first-order valence-electron chi connectivity index (χ1n) is 24.1. The van der Waals surface area contributed by atoms with Gasteiger partial charge in [0.25, 0.3) is 0 Å². The van der Waals surface area contributed by atoms with Crippen LogP contribution in [0.2, 0.25) is 0 Å². The monoisotopic (exact) mass is 809 g/mol. The van der Waals surface area contributed by atoms with Gasteiger partial charge in [-0.3, -0.25) is 9.80 Å². The maximum Gasteiger partial charge on any atom is 0.399 e. The van der Waals surface area contributed by atoms with Crippen molar-refractivity contribution in [2.75, 3.05) is 26.3 Å². The van der Waals surface area contributed by atoms with E-state index in [1.54, 1.807) is 0 Å². The highest BCUT2D eigenvalue weighted by atomic mass is 32.3. The highest BCUT2D eigenvalue weighted by molar-refractivity contribution is 7.81. The van der Waals surface area contributed by atoms with Gasteiger partial charge in [-0.1, -0.05) is 216 Å². The fraction of sp³-hybridized carbons (Fsp3) is 0.760. The number of unbranched alkanes of at least 4 members (excludes halogenated alkanes) is 22. The quantitative estimate of drug-likeness (QED) is 0.0656. The first-order valence-corrected chi connectivity index (χ1v) is 25.5. The van der Waals surface area contributed by atoms with Crippen LogP contribution in [-0.4, -0.2) is 56.6 Å². The standard InChI is InChI=1S/C50H84N2O4S/c1-3-5-7-9-11-13-15-17-19-21-23-25-35-49(51-39-37-45-31-27-29-33-47(45)41-51)43-55-57(53,54)56-44-50(52-40-38-46-32-28-30-34-48(46)42-52)36-26-24-22-20-18-16-14-12-10-8-6-4-2/h27-34,49-50H,3-26,35-44H2,1-2H3. The molecule has 0 amide bonds. The van der Waals surface area contributed by atoms with E-state index in [1.807, 2.05) is 0 Å². The summed E-state index contributed by atoms with van der Waals surface area (Å²) in [6.07, 6.45) is 35.5. The second-order valence-electron chi connectivity index (χ2n) is 17.6. The van der Waals surface area contributed by atoms with Crippen molar-refractivity contribution in [3.63, 3.8) is 0 Å². The maximum absolute atomic E-state index is 13.5. The Bertz CT molecular complexity index is 1320. The molecule has 2 aromatic rings. The SMILES string of the molecule is CCCCCCCCCCCCCCC(COS(=O)(=O)OCC(CCCCCCCCCCCCCC)N1CCc2ccccc2C1)N1CCc2ccccc2C1. The fourth-order valence-electron chi connectivity index (χ4n) is 9.20. The number of benzene rings is 2. The van der Waals surface area contributed by atoms with Crippen LogP contribution in [-0.2, 0) is 44.7 Å². The third kappa shape index (κ3) is 19.9. The summed E-state index contributed by atoms with van der Waals surface area (Å²) in [5.74, 6) is 0. The van der Waals surface area contributed by atoms with Crippen LogP contribution in [0.5, 0.6) is 0 Å². The van der Waals surface area contributed by atoms with E-state index in [-0.39, 0.29) is 25.3 Å². The van der Waals surface area contributed by atoms with E-state index in [0.29, 0.717) is 0 Å². The largest absolute Gasteiger partial charge is 0.399 e. The van der Waals surface area contributed by atoms with E-state index in [9.17, 15) is 8.42 Å². The lowest BCUT2D eigenvalue weighted by Crippen LogP contribution is -2.43. The van der Waals surface area contributed by atoms with E-state index in [1.165, 1.54) is 164 Å². The number of rotatable bonds is 34. The minimum atomic E-state index is -4.13. The van der Waals surface area contributed by atoms with Crippen molar-refractivity contribution in [3.8, 4) is 0 Å². The molecule has 7 heteroatoms. The topological polar surface area (TPSA) is 59.1 Å². The van der Waals surface area contributed by atoms with E-state index in [0.717, 1.165) is 64.7 Å². The van der Waals surface area contributed by atoms with Crippen LogP contribution < -0.4 is 0 Å². The highest BCUT2D eigenvalue weighted by Crippen LogP contribution is 2.26. The first kappa shape index (κ1) is 47.9. The Morgan fingerprint density at radius 1 is 0.456 bits per heavy atom. The number of hydrogen-bond acceptors (Lipinski definition) is 6. The van der Waals surface area contributed by atoms with Gasteiger partial charge >= 0.3 is 10.4 Å². The van der Waals surface area contributed by atoms with E-state index < -0.39 is 10.4 Å². The molecule has 0 radical (unpaired) electrons. The van der Waals surface area contributed by atoms with Gasteiger partial charge in [0.05, 0.1) is 13.2 Å². The van der Waals surface area contributed by atoms with Crippen molar-refractivity contribution in [1.82, 2.24) is 9.80 Å². The Hall–Kier alpha value is -1.77. The fourth-order valence-corrected chi connectivity index (χ4v) is 9.92. The lowest BCUT2D eigenvalue weighted by atomic mass is 9.97. The van der Waals surface area contributed by atoms with Crippen LogP contribution in [0.3, 0.4) is 0 Å². The van der Waals surface area contributed by atoms with Crippen molar-refractivity contribution in [2.24, 2.45) is 0 Å². The molecule has 0 aliphatic carbocycles. The Kier molecular flexibility index (Phi) is 24.8. The summed E-state index contributed by atoms with van der Waals surface area (Å²) >= 11 is 0. The predicted octanol–water partition coefficient (Wildman–Crippen LogP) is 13.3. The highest BCUT2D eigenvalue weighted by Gasteiger charge is 2.28. The van der Waals surface area contributed by atoms with Crippen LogP contribution in [0, 0.1) is 0 Å². The predicted molar refractivity (Wildman–Crippen MR) is 241 cm³/mol. The Morgan fingerprint density at radius 3 is 1.09 bits per heavy atom. The molecule has 0 saturated carbocycles. The van der Waals surface area contributed by atoms with Crippen molar-refractivity contribution < 1.29 is 16.8 Å². The Balaban J connectivity index is 1.23. The van der Waals surface area contributed by atoms with Crippen LogP contribution in [0.4, 0.5) is 0 Å². The number of hydrogen-bond donors (Lipinski definition) is 0. The van der Waals surface area contributed by atoms with Crippen LogP contribution in [0.15, 0.2) is 48.5 Å². The molecular weight excluding hydrogens is 725 g/mol. The molecule has 2 aromatic carbocycles. The van der Waals surface area contributed by atoms with Gasteiger partial charge in [-0.05, 0) is 47.9 Å². The summed E-state index contributed by atoms with van der Waals surface area (Å²) in [7, 11) is -4.13. The zero-order valence-corrected chi connectivity index (χ0v) is 37.6. The molecule has 2 aliphatic rings. The van der Waals surface area contributed by atoms with Crippen molar-refractivity contribution in [1.29, 1.82) is 0 Å². The van der Waals surface area contributed by atoms with Gasteiger partial charge in [0.2, 0.25) is 0 Å². The Labute approximate surface area is 351 Å². The number of fused-ring (bicyclic) bond motifs is 2. The number of nitrogens with zero attached hydrogens (tertiary/aromatic N) is 2. The molecule has 0 saturated heterocycles. The molecule has 0 N–H and O–H groups in total. The Morgan fingerprint density at radius 2 is 0.754 bits per heavy atom. The van der Waals surface area contributed by atoms with Crippen molar-refractivity contribution >= 4 is 10.4 Å². The van der Waals surface area contributed by atoms with Gasteiger partial charge in [-0.25, -0.2) is 8.37 Å². The molecule has 2 unspecified atom stereocenters. The summed E-state index contributed by atoms with van der Waals surface area (Å²) in [5.41, 5.74) is 5.53.